The first-order chi connectivity index (χ1) is 14.2. The minimum Gasteiger partial charge on any atom is -0.384 e. The third-order valence-electron chi connectivity index (χ3n) is 4.35. The fourth-order valence-electron chi connectivity index (χ4n) is 3.15. The van der Waals surface area contributed by atoms with Crippen molar-refractivity contribution in [2.75, 3.05) is 11.1 Å². The molecule has 3 N–H and O–H groups in total. The molecule has 0 aliphatic heterocycles. The zero-order valence-corrected chi connectivity index (χ0v) is 15.6. The second kappa shape index (κ2) is 6.71. The van der Waals surface area contributed by atoms with Crippen LogP contribution in [0.25, 0.3) is 22.7 Å². The lowest BCUT2D eigenvalue weighted by Crippen LogP contribution is -2.02. The molecule has 0 saturated heterocycles. The summed E-state index contributed by atoms with van der Waals surface area (Å²) >= 11 is 0. The van der Waals surface area contributed by atoms with Crippen LogP contribution in [0, 0.1) is 6.92 Å². The predicted octanol–water partition coefficient (Wildman–Crippen LogP) is 3.01. The fourth-order valence-corrected chi connectivity index (χ4v) is 3.15. The lowest BCUT2D eigenvalue weighted by atomic mass is 10.3. The number of nitrogens with zero attached hydrogens (tertiary/aromatic N) is 7. The van der Waals surface area contributed by atoms with Crippen molar-refractivity contribution in [1.82, 2.24) is 34.3 Å². The predicted molar refractivity (Wildman–Crippen MR) is 110 cm³/mol. The number of rotatable bonds is 4. The molecule has 29 heavy (non-hydrogen) atoms. The van der Waals surface area contributed by atoms with E-state index in [1.807, 2.05) is 54.7 Å². The first-order valence-corrected chi connectivity index (χ1v) is 9.01. The number of nitrogens with two attached hydrogens (primary N) is 1. The quantitative estimate of drug-likeness (QED) is 0.490. The highest BCUT2D eigenvalue weighted by Crippen LogP contribution is 2.30. The molecule has 1 aromatic carbocycles. The fraction of sp³-hybridized carbons (Fsp3) is 0.0500. The molecule has 9 nitrogen and oxygen atoms in total. The van der Waals surface area contributed by atoms with Crippen molar-refractivity contribution in [3.05, 3.63) is 72.8 Å². The molecule has 0 radical (unpaired) electrons. The van der Waals surface area contributed by atoms with Crippen LogP contribution in [-0.2, 0) is 0 Å². The molecule has 0 aliphatic carbocycles. The van der Waals surface area contributed by atoms with E-state index in [4.69, 9.17) is 5.73 Å². The summed E-state index contributed by atoms with van der Waals surface area (Å²) in [5, 5.41) is 12.3. The van der Waals surface area contributed by atoms with Gasteiger partial charge in [0.2, 0.25) is 0 Å². The van der Waals surface area contributed by atoms with Gasteiger partial charge in [-0.25, -0.2) is 24.1 Å². The zero-order chi connectivity index (χ0) is 19.8. The van der Waals surface area contributed by atoms with E-state index in [1.165, 1.54) is 0 Å². The standard InChI is InChI=1S/C20H17N9/c1-13-23-15(12-16(21)24-13)19-20(26-18-8-5-10-22-29(18)19)25-17-9-11-28(27-17)14-6-3-2-4-7-14/h2-12H,1H3,(H,25,27)(H2,21,23,24). The van der Waals surface area contributed by atoms with E-state index in [9.17, 15) is 0 Å². The first kappa shape index (κ1) is 16.9. The first-order valence-electron chi connectivity index (χ1n) is 9.01. The number of hydrogen-bond acceptors (Lipinski definition) is 7. The van der Waals surface area contributed by atoms with Crippen molar-refractivity contribution in [2.24, 2.45) is 0 Å². The van der Waals surface area contributed by atoms with E-state index in [2.05, 4.69) is 30.5 Å². The molecule has 0 aliphatic rings. The molecule has 0 spiro atoms. The van der Waals surface area contributed by atoms with E-state index < -0.39 is 0 Å². The van der Waals surface area contributed by atoms with Gasteiger partial charge in [-0.05, 0) is 31.2 Å². The summed E-state index contributed by atoms with van der Waals surface area (Å²) in [4.78, 5) is 13.3. The van der Waals surface area contributed by atoms with Crippen LogP contribution >= 0.6 is 0 Å². The van der Waals surface area contributed by atoms with Crippen molar-refractivity contribution < 1.29 is 0 Å². The van der Waals surface area contributed by atoms with E-state index in [1.54, 1.807) is 28.4 Å². The maximum absolute atomic E-state index is 5.94. The number of hydrogen-bond donors (Lipinski definition) is 2. The molecule has 4 heterocycles. The summed E-state index contributed by atoms with van der Waals surface area (Å²) in [6.45, 7) is 1.80. The topological polar surface area (TPSA) is 112 Å². The highest BCUT2D eigenvalue weighted by molar-refractivity contribution is 5.77. The molecule has 4 aromatic heterocycles. The van der Waals surface area contributed by atoms with Gasteiger partial charge in [-0.1, -0.05) is 18.2 Å². The number of fused-ring (bicyclic) bond motifs is 1. The molecule has 0 fully saturated rings. The molecule has 0 atom stereocenters. The Morgan fingerprint density at radius 2 is 1.83 bits per heavy atom. The van der Waals surface area contributed by atoms with Gasteiger partial charge in [-0.15, -0.1) is 0 Å². The Balaban J connectivity index is 1.60. The molecule has 142 valence electrons. The lowest BCUT2D eigenvalue weighted by molar-refractivity contribution is 0.884. The maximum Gasteiger partial charge on any atom is 0.162 e. The molecular formula is C20H17N9. The van der Waals surface area contributed by atoms with Crippen LogP contribution in [0.3, 0.4) is 0 Å². The summed E-state index contributed by atoms with van der Waals surface area (Å²) in [5.41, 5.74) is 8.91. The number of anilines is 3. The molecule has 0 bridgehead atoms. The molecule has 5 rings (SSSR count). The van der Waals surface area contributed by atoms with Gasteiger partial charge in [0.25, 0.3) is 0 Å². The van der Waals surface area contributed by atoms with Crippen LogP contribution in [-0.4, -0.2) is 34.3 Å². The van der Waals surface area contributed by atoms with Gasteiger partial charge >= 0.3 is 0 Å². The number of benzene rings is 1. The minimum absolute atomic E-state index is 0.387. The van der Waals surface area contributed by atoms with Gasteiger partial charge in [0.1, 0.15) is 17.3 Å². The Labute approximate surface area is 165 Å². The largest absolute Gasteiger partial charge is 0.384 e. The van der Waals surface area contributed by atoms with E-state index in [0.717, 1.165) is 5.69 Å². The van der Waals surface area contributed by atoms with Crippen LogP contribution in [0.1, 0.15) is 5.82 Å². The van der Waals surface area contributed by atoms with Crippen LogP contribution in [0.15, 0.2) is 67.0 Å². The SMILES string of the molecule is Cc1nc(N)cc(-c2c(Nc3ccn(-c4ccccc4)n3)nc3cccnn23)n1. The van der Waals surface area contributed by atoms with Gasteiger partial charge < -0.3 is 11.1 Å². The Morgan fingerprint density at radius 1 is 0.966 bits per heavy atom. The number of aromatic nitrogens is 7. The van der Waals surface area contributed by atoms with Crippen LogP contribution in [0.5, 0.6) is 0 Å². The number of para-hydroxylation sites is 1. The van der Waals surface area contributed by atoms with Crippen molar-refractivity contribution in [3.63, 3.8) is 0 Å². The summed E-state index contributed by atoms with van der Waals surface area (Å²) in [6, 6.07) is 17.2. The van der Waals surface area contributed by atoms with Gasteiger partial charge in [-0.3, -0.25) is 0 Å². The highest BCUT2D eigenvalue weighted by atomic mass is 15.3. The van der Waals surface area contributed by atoms with Gasteiger partial charge in [0, 0.05) is 24.5 Å². The second-order valence-electron chi connectivity index (χ2n) is 6.43. The van der Waals surface area contributed by atoms with Crippen LogP contribution in [0.4, 0.5) is 17.5 Å². The normalized spacial score (nSPS) is 11.1. The van der Waals surface area contributed by atoms with Gasteiger partial charge in [0.15, 0.2) is 17.3 Å². The van der Waals surface area contributed by atoms with E-state index >= 15 is 0 Å². The third kappa shape index (κ3) is 3.14. The van der Waals surface area contributed by atoms with E-state index in [-0.39, 0.29) is 0 Å². The average molecular weight is 383 g/mol. The number of nitrogens with one attached hydrogen (secondary N) is 1. The van der Waals surface area contributed by atoms with E-state index in [0.29, 0.717) is 40.3 Å². The van der Waals surface area contributed by atoms with Crippen molar-refractivity contribution in [2.45, 2.75) is 6.92 Å². The second-order valence-corrected chi connectivity index (χ2v) is 6.43. The Morgan fingerprint density at radius 3 is 2.66 bits per heavy atom. The number of imidazole rings is 1. The highest BCUT2D eigenvalue weighted by Gasteiger charge is 2.18. The van der Waals surface area contributed by atoms with Crippen LogP contribution < -0.4 is 11.1 Å². The van der Waals surface area contributed by atoms with Crippen LogP contribution in [0.2, 0.25) is 0 Å². The number of nitrogen functional groups attached to an aromatic ring is 1. The summed E-state index contributed by atoms with van der Waals surface area (Å²) < 4.78 is 3.51. The lowest BCUT2D eigenvalue weighted by Gasteiger charge is -2.06. The molecule has 0 amide bonds. The van der Waals surface area contributed by atoms with Crippen molar-refractivity contribution >= 4 is 23.1 Å². The monoisotopic (exact) mass is 383 g/mol. The van der Waals surface area contributed by atoms with Gasteiger partial charge in [0.05, 0.1) is 11.4 Å². The Hall–Kier alpha value is -4.27. The smallest absolute Gasteiger partial charge is 0.162 e. The number of aryl methyl sites for hydroxylation is 1. The Bertz CT molecular complexity index is 1280. The summed E-state index contributed by atoms with van der Waals surface area (Å²) in [7, 11) is 0. The molecule has 5 aromatic rings. The molecule has 0 saturated carbocycles. The summed E-state index contributed by atoms with van der Waals surface area (Å²) in [5.74, 6) is 2.19. The summed E-state index contributed by atoms with van der Waals surface area (Å²) in [6.07, 6.45) is 3.59. The zero-order valence-electron chi connectivity index (χ0n) is 15.6. The Kier molecular flexibility index (Phi) is 3.91. The third-order valence-corrected chi connectivity index (χ3v) is 4.35. The molecule has 0 unspecified atom stereocenters. The molecular weight excluding hydrogens is 366 g/mol. The molecule has 9 heteroatoms. The average Bonchev–Trinajstić information content (AvgIpc) is 3.32. The van der Waals surface area contributed by atoms with Gasteiger partial charge in [-0.2, -0.15) is 10.2 Å². The minimum atomic E-state index is 0.387. The van der Waals surface area contributed by atoms with Crippen molar-refractivity contribution in [1.29, 1.82) is 0 Å². The van der Waals surface area contributed by atoms with Crippen molar-refractivity contribution in [3.8, 4) is 17.1 Å². The maximum atomic E-state index is 5.94.